The first kappa shape index (κ1) is 43.9. The van der Waals surface area contributed by atoms with E-state index in [4.69, 9.17) is 18.9 Å². The molecule has 16 nitrogen and oxygen atoms in total. The average molecular weight is 786 g/mol. The van der Waals surface area contributed by atoms with Gasteiger partial charge in [-0.05, 0) is 53.2 Å². The number of fused-ring (bicyclic) bond motifs is 14. The smallest absolute Gasteiger partial charge is 0.313 e. The topological polar surface area (TPSA) is 259 Å². The number of Topliss-reactive ketones (excluding diaryl/α,β-unsaturated/α-hetero) is 1. The lowest BCUT2D eigenvalue weighted by Crippen LogP contribution is -2.54. The van der Waals surface area contributed by atoms with Gasteiger partial charge in [0.15, 0.2) is 11.5 Å². The minimum absolute atomic E-state index is 0.00246. The number of hydrogen-bond donors (Lipinski definition) is 8. The van der Waals surface area contributed by atoms with Gasteiger partial charge >= 0.3 is 11.9 Å². The second-order valence-corrected chi connectivity index (χ2v) is 15.0. The van der Waals surface area contributed by atoms with E-state index in [0.717, 1.165) is 20.1 Å². The van der Waals surface area contributed by atoms with Crippen molar-refractivity contribution < 1.29 is 73.9 Å². The maximum absolute atomic E-state index is 14.0. The van der Waals surface area contributed by atoms with Gasteiger partial charge in [-0.1, -0.05) is 32.1 Å². The molecule has 56 heavy (non-hydrogen) atoms. The van der Waals surface area contributed by atoms with Crippen LogP contribution in [0.25, 0.3) is 5.57 Å². The molecular weight excluding hydrogens is 734 g/mol. The highest BCUT2D eigenvalue weighted by Gasteiger charge is 2.48. The highest BCUT2D eigenvalue weighted by molar-refractivity contribution is 6.21. The van der Waals surface area contributed by atoms with Gasteiger partial charge in [0.2, 0.25) is 6.79 Å². The lowest BCUT2D eigenvalue weighted by molar-refractivity contribution is -0.171. The number of rotatable bonds is 2. The summed E-state index contributed by atoms with van der Waals surface area (Å²) in [5, 5.41) is 82.9. The molecule has 5 rings (SSSR count). The zero-order valence-electron chi connectivity index (χ0n) is 33.0. The Kier molecular flexibility index (Phi) is 12.8. The largest absolute Gasteiger partial charge is 0.505 e. The molecule has 0 spiro atoms. The van der Waals surface area contributed by atoms with E-state index >= 15 is 0 Å². The van der Waals surface area contributed by atoms with Crippen molar-refractivity contribution in [2.24, 2.45) is 17.8 Å². The minimum Gasteiger partial charge on any atom is -0.505 e. The Bertz CT molecular complexity index is 1970. The summed E-state index contributed by atoms with van der Waals surface area (Å²) in [7, 11) is 1.01. The maximum Gasteiger partial charge on any atom is 0.313 e. The third-order valence-electron chi connectivity index (χ3n) is 10.7. The van der Waals surface area contributed by atoms with Gasteiger partial charge in [-0.15, -0.1) is 0 Å². The molecule has 1 aromatic rings. The Morgan fingerprint density at radius 2 is 1.43 bits per heavy atom. The Labute approximate surface area is 324 Å². The van der Waals surface area contributed by atoms with Crippen molar-refractivity contribution in [1.29, 1.82) is 0 Å². The van der Waals surface area contributed by atoms with Crippen molar-refractivity contribution in [2.45, 2.75) is 97.9 Å². The molecule has 16 heteroatoms. The summed E-state index contributed by atoms with van der Waals surface area (Å²) in [4.78, 5) is 53.1. The molecule has 0 saturated heterocycles. The Hall–Kier alpha value is -4.84. The molecule has 8 N–H and O–H groups in total. The molecule has 3 heterocycles. The summed E-state index contributed by atoms with van der Waals surface area (Å²) < 4.78 is 22.2. The van der Waals surface area contributed by atoms with Crippen LogP contribution in [0.5, 0.6) is 11.5 Å². The zero-order chi connectivity index (χ0) is 42.4. The van der Waals surface area contributed by atoms with Crippen LogP contribution in [0.2, 0.25) is 0 Å². The number of allylic oxidation sites excluding steroid dienone is 5. The van der Waals surface area contributed by atoms with Crippen molar-refractivity contribution in [2.75, 3.05) is 19.2 Å². The minimum atomic E-state index is -2.22. The number of carbonyl (C=O) groups excluding carboxylic acids is 4. The number of ketones is 1. The Morgan fingerprint density at radius 3 is 1.98 bits per heavy atom. The van der Waals surface area contributed by atoms with Crippen molar-refractivity contribution in [3.05, 3.63) is 69.2 Å². The second kappa shape index (κ2) is 16.3. The molecule has 306 valence electrons. The number of nitrogens with one attached hydrogen (secondary N) is 1. The number of aliphatic hydroxyl groups is 6. The summed E-state index contributed by atoms with van der Waals surface area (Å²) in [6.45, 7) is 11.5. The molecule has 9 unspecified atom stereocenters. The van der Waals surface area contributed by atoms with Gasteiger partial charge < -0.3 is 60.0 Å². The zero-order valence-corrected chi connectivity index (χ0v) is 33.0. The van der Waals surface area contributed by atoms with E-state index in [-0.39, 0.29) is 61.9 Å². The Balaban J connectivity index is 2.08. The molecule has 0 saturated carbocycles. The molecule has 4 aliphatic rings. The SMILES string of the molecule is COC(=O)C1C(O)C(C)C(O)C(C)(O)C=C(C)C2=C3C(=C(C)C(=O)c4c(O)c(c(C)c(OC(C)=O)c43)NC(=O)C(C)=C/C=C\C(C)(O)C(O)C(C)C1O)OCO2. The summed E-state index contributed by atoms with van der Waals surface area (Å²) in [5.74, 6) is -8.84. The van der Waals surface area contributed by atoms with E-state index in [1.807, 2.05) is 0 Å². The van der Waals surface area contributed by atoms with Crippen molar-refractivity contribution in [3.8, 4) is 11.5 Å². The number of benzene rings is 1. The first-order valence-corrected chi connectivity index (χ1v) is 17.9. The number of aliphatic hydroxyl groups excluding tert-OH is 4. The number of aromatic hydroxyl groups is 1. The van der Waals surface area contributed by atoms with E-state index in [1.54, 1.807) is 0 Å². The van der Waals surface area contributed by atoms with Crippen LogP contribution in [0, 0.1) is 24.7 Å². The van der Waals surface area contributed by atoms with Crippen LogP contribution < -0.4 is 10.1 Å². The van der Waals surface area contributed by atoms with E-state index in [0.29, 0.717) is 0 Å². The number of anilines is 1. The molecule has 9 atom stereocenters. The average Bonchev–Trinajstić information content (AvgIpc) is 3.13. The highest BCUT2D eigenvalue weighted by atomic mass is 16.7. The van der Waals surface area contributed by atoms with Gasteiger partial charge in [-0.2, -0.15) is 0 Å². The van der Waals surface area contributed by atoms with E-state index in [2.05, 4.69) is 5.32 Å². The third kappa shape index (κ3) is 8.03. The third-order valence-corrected chi connectivity index (χ3v) is 10.7. The van der Waals surface area contributed by atoms with E-state index in [9.17, 15) is 54.9 Å². The monoisotopic (exact) mass is 785 g/mol. The molecule has 1 aliphatic carbocycles. The molecule has 1 amide bonds. The molecule has 0 fully saturated rings. The summed E-state index contributed by atoms with van der Waals surface area (Å²) in [6, 6.07) is 0. The van der Waals surface area contributed by atoms with Crippen molar-refractivity contribution in [1.82, 2.24) is 0 Å². The fourth-order valence-corrected chi connectivity index (χ4v) is 7.31. The molecular formula is C40H51NO15. The van der Waals surface area contributed by atoms with Crippen LogP contribution in [0.4, 0.5) is 5.69 Å². The van der Waals surface area contributed by atoms with Crippen LogP contribution >= 0.6 is 0 Å². The first-order valence-electron chi connectivity index (χ1n) is 17.9. The van der Waals surface area contributed by atoms with Gasteiger partial charge in [-0.25, -0.2) is 0 Å². The molecule has 1 aromatic carbocycles. The van der Waals surface area contributed by atoms with Crippen LogP contribution in [0.15, 0.2) is 52.5 Å². The van der Waals surface area contributed by atoms with Gasteiger partial charge in [0.05, 0.1) is 48.3 Å². The predicted octanol–water partition coefficient (Wildman–Crippen LogP) is 2.22. The summed E-state index contributed by atoms with van der Waals surface area (Å²) in [5.41, 5.74) is -4.84. The Morgan fingerprint density at radius 1 is 0.875 bits per heavy atom. The van der Waals surface area contributed by atoms with Crippen LogP contribution in [-0.4, -0.2) is 109 Å². The molecule has 3 aliphatic heterocycles. The summed E-state index contributed by atoms with van der Waals surface area (Å²) >= 11 is 0. The quantitative estimate of drug-likeness (QED) is 0.122. The maximum atomic E-state index is 14.0. The summed E-state index contributed by atoms with van der Waals surface area (Å²) in [6.07, 6.45) is -2.56. The lowest BCUT2D eigenvalue weighted by atomic mass is 9.74. The first-order chi connectivity index (χ1) is 25.9. The van der Waals surface area contributed by atoms with Crippen LogP contribution in [0.1, 0.15) is 76.9 Å². The van der Waals surface area contributed by atoms with Gasteiger partial charge in [0.25, 0.3) is 5.91 Å². The van der Waals surface area contributed by atoms with Crippen LogP contribution in [-0.2, 0) is 28.6 Å². The lowest BCUT2D eigenvalue weighted by Gasteiger charge is -2.40. The van der Waals surface area contributed by atoms with Gasteiger partial charge in [-0.3, -0.25) is 19.2 Å². The molecule has 0 aromatic heterocycles. The predicted molar refractivity (Wildman–Crippen MR) is 200 cm³/mol. The molecule has 4 bridgehead atoms. The highest BCUT2D eigenvalue weighted by Crippen LogP contribution is 2.53. The van der Waals surface area contributed by atoms with Crippen molar-refractivity contribution >= 4 is 34.9 Å². The number of carbonyl (C=O) groups is 4. The molecule has 0 radical (unpaired) electrons. The second-order valence-electron chi connectivity index (χ2n) is 15.0. The number of amides is 1. The number of ether oxygens (including phenoxy) is 4. The number of hydrogen-bond acceptors (Lipinski definition) is 15. The number of phenols is 1. The fraction of sp³-hybridized carbons (Fsp3) is 0.500. The van der Waals surface area contributed by atoms with Crippen molar-refractivity contribution in [3.63, 3.8) is 0 Å². The van der Waals surface area contributed by atoms with Gasteiger partial charge in [0, 0.05) is 41.0 Å². The standard InChI is InChI=1S/C40H51NO15/c1-16-12-11-13-39(8,51)35(47)20(5)29(44)26(38(50)53-10)30(45)21(6)36(48)40(9,52)14-17(2)32-25-23-24(28(43)19(4)33(25)55-15-54-32)31(46)27(41-37(16)49)18(3)34(23)56-22(7)42/h11-14,20-21,26,29-30,35-36,44-48,51-52H,15H2,1-10H3,(H,41,49)/b13-11-,16-12?,17-14?. The van der Waals surface area contributed by atoms with E-state index < -0.39 is 89.5 Å². The van der Waals surface area contributed by atoms with Gasteiger partial charge in [0.1, 0.15) is 34.4 Å². The normalized spacial score (nSPS) is 32.4. The number of methoxy groups -OCH3 is 1. The fourth-order valence-electron chi connectivity index (χ4n) is 7.31. The van der Waals surface area contributed by atoms with E-state index in [1.165, 1.54) is 73.6 Å². The van der Waals surface area contributed by atoms with Crippen LogP contribution in [0.3, 0.4) is 0 Å². The number of esters is 2. The number of phenolic OH excluding ortho intramolecular Hbond substituents is 1.